The number of guanidine groups is 1. The highest BCUT2D eigenvalue weighted by Crippen LogP contribution is 2.16. The van der Waals surface area contributed by atoms with Gasteiger partial charge in [-0.2, -0.15) is 0 Å². The molecule has 6 heteroatoms. The lowest BCUT2D eigenvalue weighted by molar-refractivity contribution is 0.0925. The predicted molar refractivity (Wildman–Crippen MR) is 121 cm³/mol. The molecule has 0 radical (unpaired) electrons. The average molecular weight is 395 g/mol. The van der Waals surface area contributed by atoms with Gasteiger partial charge in [0.05, 0.1) is 6.54 Å². The fraction of sp³-hybridized carbons (Fsp3) is 0.955. The normalized spacial score (nSPS) is 22.6. The lowest BCUT2D eigenvalue weighted by Gasteiger charge is -2.39. The van der Waals surface area contributed by atoms with Crippen molar-refractivity contribution in [1.82, 2.24) is 25.3 Å². The maximum Gasteiger partial charge on any atom is 0.191 e. The van der Waals surface area contributed by atoms with Crippen LogP contribution in [0.4, 0.5) is 0 Å². The molecule has 6 nitrogen and oxygen atoms in total. The molecule has 2 aliphatic rings. The highest BCUT2D eigenvalue weighted by molar-refractivity contribution is 5.79. The van der Waals surface area contributed by atoms with E-state index < -0.39 is 0 Å². The van der Waals surface area contributed by atoms with Gasteiger partial charge in [-0.05, 0) is 64.7 Å². The molecule has 0 amide bonds. The molecule has 2 fully saturated rings. The van der Waals surface area contributed by atoms with E-state index >= 15 is 0 Å². The van der Waals surface area contributed by atoms with Crippen molar-refractivity contribution < 1.29 is 0 Å². The molecule has 2 aliphatic heterocycles. The fourth-order valence-corrected chi connectivity index (χ4v) is 4.22. The van der Waals surface area contributed by atoms with Crippen molar-refractivity contribution in [1.29, 1.82) is 0 Å². The Hall–Kier alpha value is -0.850. The van der Waals surface area contributed by atoms with Crippen molar-refractivity contribution >= 4 is 5.96 Å². The Bertz CT molecular complexity index is 436. The number of hydrogen-bond acceptors (Lipinski definition) is 4. The first kappa shape index (κ1) is 23.4. The third-order valence-corrected chi connectivity index (χ3v) is 6.38. The minimum atomic E-state index is 0.527. The first-order chi connectivity index (χ1) is 13.5. The molecule has 2 N–H and O–H groups in total. The summed E-state index contributed by atoms with van der Waals surface area (Å²) < 4.78 is 0. The number of piperidine rings is 1. The molecule has 1 atom stereocenters. The highest BCUT2D eigenvalue weighted by atomic mass is 15.3. The summed E-state index contributed by atoms with van der Waals surface area (Å²) in [5.74, 6) is 2.52. The molecule has 0 aromatic rings. The van der Waals surface area contributed by atoms with Gasteiger partial charge in [-0.25, -0.2) is 0 Å². The van der Waals surface area contributed by atoms with Crippen LogP contribution >= 0.6 is 0 Å². The van der Waals surface area contributed by atoms with Crippen LogP contribution in [0.3, 0.4) is 0 Å². The Morgan fingerprint density at radius 1 is 1.04 bits per heavy atom. The molecular formula is C22H46N6. The zero-order valence-corrected chi connectivity index (χ0v) is 19.2. The Balaban J connectivity index is 1.76. The summed E-state index contributed by atoms with van der Waals surface area (Å²) in [5, 5.41) is 6.99. The Kier molecular flexibility index (Phi) is 10.6. The topological polar surface area (TPSA) is 46.1 Å². The molecule has 0 aromatic carbocycles. The van der Waals surface area contributed by atoms with E-state index in [2.05, 4.69) is 60.1 Å². The zero-order chi connectivity index (χ0) is 20.4. The maximum absolute atomic E-state index is 4.95. The fourth-order valence-electron chi connectivity index (χ4n) is 4.22. The predicted octanol–water partition coefficient (Wildman–Crippen LogP) is 1.94. The maximum atomic E-state index is 4.95. The van der Waals surface area contributed by atoms with Crippen LogP contribution in [0, 0.1) is 11.8 Å². The van der Waals surface area contributed by atoms with Crippen LogP contribution in [-0.2, 0) is 0 Å². The smallest absolute Gasteiger partial charge is 0.191 e. The van der Waals surface area contributed by atoms with E-state index in [9.17, 15) is 0 Å². The highest BCUT2D eigenvalue weighted by Gasteiger charge is 2.24. The summed E-state index contributed by atoms with van der Waals surface area (Å²) in [6.45, 7) is 20.4. The molecule has 0 saturated carbocycles. The van der Waals surface area contributed by atoms with Crippen LogP contribution in [-0.4, -0.2) is 99.2 Å². The van der Waals surface area contributed by atoms with Crippen LogP contribution in [0.1, 0.15) is 47.0 Å². The average Bonchev–Trinajstić information content (AvgIpc) is 2.67. The molecule has 0 aromatic heterocycles. The van der Waals surface area contributed by atoms with Crippen LogP contribution in [0.25, 0.3) is 0 Å². The third kappa shape index (κ3) is 8.26. The Labute approximate surface area is 174 Å². The number of nitrogens with zero attached hydrogens (tertiary/aromatic N) is 4. The Morgan fingerprint density at radius 3 is 2.32 bits per heavy atom. The van der Waals surface area contributed by atoms with Crippen LogP contribution < -0.4 is 10.6 Å². The van der Waals surface area contributed by atoms with Gasteiger partial charge in [-0.15, -0.1) is 0 Å². The number of aliphatic imine (C=N–C) groups is 1. The van der Waals surface area contributed by atoms with Crippen LogP contribution in [0.15, 0.2) is 4.99 Å². The second-order valence-electron chi connectivity index (χ2n) is 9.17. The van der Waals surface area contributed by atoms with E-state index in [4.69, 9.17) is 4.99 Å². The van der Waals surface area contributed by atoms with Crippen molar-refractivity contribution in [2.75, 3.05) is 72.5 Å². The van der Waals surface area contributed by atoms with Gasteiger partial charge in [0.1, 0.15) is 0 Å². The van der Waals surface area contributed by atoms with Gasteiger partial charge in [0, 0.05) is 45.3 Å². The molecule has 0 bridgehead atoms. The van der Waals surface area contributed by atoms with E-state index in [1.807, 2.05) is 0 Å². The minimum Gasteiger partial charge on any atom is -0.357 e. The molecular weight excluding hydrogens is 348 g/mol. The molecule has 0 aliphatic carbocycles. The van der Waals surface area contributed by atoms with E-state index in [1.54, 1.807) is 0 Å². The molecule has 0 spiro atoms. The molecule has 1 unspecified atom stereocenters. The summed E-state index contributed by atoms with van der Waals surface area (Å²) >= 11 is 0. The lowest BCUT2D eigenvalue weighted by Crippen LogP contribution is -2.52. The SMILES string of the molecule is CCNC(=NCC(C(C)C)N1CCN(C)CC1)NCCCN1CCC(C)CC1. The number of piperazine rings is 1. The minimum absolute atomic E-state index is 0.527. The van der Waals surface area contributed by atoms with Crippen molar-refractivity contribution in [2.45, 2.75) is 53.0 Å². The molecule has 164 valence electrons. The van der Waals surface area contributed by atoms with Crippen molar-refractivity contribution in [3.05, 3.63) is 0 Å². The van der Waals surface area contributed by atoms with E-state index in [1.165, 1.54) is 52.0 Å². The number of likely N-dealkylation sites (N-methyl/N-ethyl adjacent to an activating group) is 1. The molecule has 2 heterocycles. The van der Waals surface area contributed by atoms with Crippen molar-refractivity contribution in [2.24, 2.45) is 16.8 Å². The largest absolute Gasteiger partial charge is 0.357 e. The number of hydrogen-bond donors (Lipinski definition) is 2. The second-order valence-corrected chi connectivity index (χ2v) is 9.17. The van der Waals surface area contributed by atoms with Gasteiger partial charge in [0.25, 0.3) is 0 Å². The van der Waals surface area contributed by atoms with Crippen LogP contribution in [0.5, 0.6) is 0 Å². The number of nitrogens with one attached hydrogen (secondary N) is 2. The molecule has 2 rings (SSSR count). The quantitative estimate of drug-likeness (QED) is 0.355. The van der Waals surface area contributed by atoms with Crippen LogP contribution in [0.2, 0.25) is 0 Å². The summed E-state index contributed by atoms with van der Waals surface area (Å²) in [6, 6.07) is 0.527. The lowest BCUT2D eigenvalue weighted by atomic mass is 9.99. The first-order valence-electron chi connectivity index (χ1n) is 11.7. The summed E-state index contributed by atoms with van der Waals surface area (Å²) in [4.78, 5) is 12.6. The van der Waals surface area contributed by atoms with E-state index in [0.29, 0.717) is 12.0 Å². The van der Waals surface area contributed by atoms with Gasteiger partial charge in [-0.3, -0.25) is 9.89 Å². The third-order valence-electron chi connectivity index (χ3n) is 6.38. The van der Waals surface area contributed by atoms with Gasteiger partial charge >= 0.3 is 0 Å². The summed E-state index contributed by atoms with van der Waals surface area (Å²) in [6.07, 6.45) is 3.91. The number of rotatable bonds is 9. The van der Waals surface area contributed by atoms with Gasteiger partial charge < -0.3 is 20.4 Å². The standard InChI is InChI=1S/C22H46N6/c1-6-23-22(24-10-7-11-27-12-8-20(4)9-13-27)25-18-21(19(2)3)28-16-14-26(5)15-17-28/h19-21H,6-18H2,1-5H3,(H2,23,24,25). The van der Waals surface area contributed by atoms with Crippen molar-refractivity contribution in [3.63, 3.8) is 0 Å². The molecule has 2 saturated heterocycles. The van der Waals surface area contributed by atoms with Gasteiger partial charge in [0.15, 0.2) is 5.96 Å². The first-order valence-corrected chi connectivity index (χ1v) is 11.7. The number of likely N-dealkylation sites (tertiary alicyclic amines) is 1. The Morgan fingerprint density at radius 2 is 1.71 bits per heavy atom. The van der Waals surface area contributed by atoms with E-state index in [0.717, 1.165) is 44.6 Å². The summed E-state index contributed by atoms with van der Waals surface area (Å²) in [5.41, 5.74) is 0. The zero-order valence-electron chi connectivity index (χ0n) is 19.2. The monoisotopic (exact) mass is 394 g/mol. The van der Waals surface area contributed by atoms with E-state index in [-0.39, 0.29) is 0 Å². The van der Waals surface area contributed by atoms with Gasteiger partial charge in [0.2, 0.25) is 0 Å². The summed E-state index contributed by atoms with van der Waals surface area (Å²) in [7, 11) is 2.22. The second kappa shape index (κ2) is 12.7. The molecule has 28 heavy (non-hydrogen) atoms. The van der Waals surface area contributed by atoms with Crippen molar-refractivity contribution in [3.8, 4) is 0 Å². The van der Waals surface area contributed by atoms with Gasteiger partial charge in [-0.1, -0.05) is 20.8 Å².